The summed E-state index contributed by atoms with van der Waals surface area (Å²) in [6.45, 7) is 17.4. The lowest BCUT2D eigenvalue weighted by Crippen LogP contribution is -2.23. The molecule has 1 rings (SSSR count). The largest absolute Gasteiger partial charge is 0.508 e. The lowest BCUT2D eigenvalue weighted by molar-refractivity contribution is 0.460. The fraction of sp³-hybridized carbons (Fsp3) is 0.625. The van der Waals surface area contributed by atoms with E-state index in [1.165, 1.54) is 16.7 Å². The molecule has 0 heterocycles. The Morgan fingerprint density at radius 3 is 1.65 bits per heavy atom. The molecule has 0 aliphatic carbocycles. The molecular weight excluding hydrogens is 208 g/mol. The van der Waals surface area contributed by atoms with E-state index in [1.54, 1.807) is 0 Å². The average molecular weight is 234 g/mol. The molecule has 0 saturated heterocycles. The summed E-state index contributed by atoms with van der Waals surface area (Å²) in [4.78, 5) is 0. The number of rotatable bonds is 0. The standard InChI is InChI=1S/C16H26O/c1-10-11(2)14(16(6,7)8)12(9-13(10)17)15(3,4)5/h9,17H,1-8H3. The highest BCUT2D eigenvalue weighted by molar-refractivity contribution is 5.52. The molecule has 1 aromatic rings. The zero-order valence-electron chi connectivity index (χ0n) is 12.5. The van der Waals surface area contributed by atoms with Crippen molar-refractivity contribution >= 4 is 0 Å². The minimum Gasteiger partial charge on any atom is -0.508 e. The third-order valence-electron chi connectivity index (χ3n) is 3.43. The van der Waals surface area contributed by atoms with E-state index < -0.39 is 0 Å². The van der Waals surface area contributed by atoms with Crippen LogP contribution in [-0.2, 0) is 10.8 Å². The van der Waals surface area contributed by atoms with E-state index in [0.717, 1.165) is 5.56 Å². The number of benzene rings is 1. The molecule has 96 valence electrons. The second-order valence-corrected chi connectivity index (χ2v) is 7.07. The first-order valence-electron chi connectivity index (χ1n) is 6.30. The molecule has 0 bridgehead atoms. The third kappa shape index (κ3) is 2.65. The maximum Gasteiger partial charge on any atom is 0.119 e. The average Bonchev–Trinajstić information content (AvgIpc) is 2.09. The van der Waals surface area contributed by atoms with E-state index in [0.29, 0.717) is 5.75 Å². The van der Waals surface area contributed by atoms with E-state index in [4.69, 9.17) is 0 Å². The third-order valence-corrected chi connectivity index (χ3v) is 3.43. The lowest BCUT2D eigenvalue weighted by Gasteiger charge is -2.33. The van der Waals surface area contributed by atoms with Crippen molar-refractivity contribution in [2.24, 2.45) is 0 Å². The zero-order chi connectivity index (χ0) is 13.6. The van der Waals surface area contributed by atoms with E-state index in [1.807, 2.05) is 13.0 Å². The van der Waals surface area contributed by atoms with Crippen LogP contribution in [0.1, 0.15) is 63.8 Å². The second kappa shape index (κ2) is 4.04. The van der Waals surface area contributed by atoms with Crippen LogP contribution in [0, 0.1) is 13.8 Å². The molecule has 0 unspecified atom stereocenters. The summed E-state index contributed by atoms with van der Waals surface area (Å²) in [7, 11) is 0. The molecule has 0 aliphatic rings. The summed E-state index contributed by atoms with van der Waals surface area (Å²) < 4.78 is 0. The Hall–Kier alpha value is -0.980. The Bertz CT molecular complexity index is 428. The van der Waals surface area contributed by atoms with Crippen molar-refractivity contribution in [3.05, 3.63) is 28.3 Å². The number of phenols is 1. The van der Waals surface area contributed by atoms with Gasteiger partial charge in [0.1, 0.15) is 5.75 Å². The second-order valence-electron chi connectivity index (χ2n) is 7.07. The Labute approximate surface area is 106 Å². The van der Waals surface area contributed by atoms with Crippen LogP contribution in [-0.4, -0.2) is 5.11 Å². The van der Waals surface area contributed by atoms with Gasteiger partial charge in [-0.15, -0.1) is 0 Å². The van der Waals surface area contributed by atoms with Gasteiger partial charge in [-0.25, -0.2) is 0 Å². The summed E-state index contributed by atoms with van der Waals surface area (Å²) in [5.74, 6) is 0.417. The van der Waals surface area contributed by atoms with Crippen molar-refractivity contribution in [2.45, 2.75) is 66.2 Å². The van der Waals surface area contributed by atoms with Gasteiger partial charge in [0.2, 0.25) is 0 Å². The summed E-state index contributed by atoms with van der Waals surface area (Å²) in [5.41, 5.74) is 5.01. The van der Waals surface area contributed by atoms with Gasteiger partial charge in [0.25, 0.3) is 0 Å². The Morgan fingerprint density at radius 2 is 1.29 bits per heavy atom. The molecule has 1 aromatic carbocycles. The minimum atomic E-state index is 0.0541. The first-order chi connectivity index (χ1) is 7.46. The maximum absolute atomic E-state index is 10.0. The van der Waals surface area contributed by atoms with Crippen LogP contribution in [0.25, 0.3) is 0 Å². The molecular formula is C16H26O. The van der Waals surface area contributed by atoms with Crippen LogP contribution in [0.15, 0.2) is 6.07 Å². The van der Waals surface area contributed by atoms with Gasteiger partial charge < -0.3 is 5.11 Å². The van der Waals surface area contributed by atoms with Gasteiger partial charge in [0, 0.05) is 0 Å². The highest BCUT2D eigenvalue weighted by Gasteiger charge is 2.28. The number of hydrogen-bond donors (Lipinski definition) is 1. The van der Waals surface area contributed by atoms with Crippen LogP contribution in [0.5, 0.6) is 5.75 Å². The quantitative estimate of drug-likeness (QED) is 0.695. The van der Waals surface area contributed by atoms with Gasteiger partial charge in [-0.2, -0.15) is 0 Å². The van der Waals surface area contributed by atoms with Crippen LogP contribution in [0.2, 0.25) is 0 Å². The molecule has 0 aliphatic heterocycles. The summed E-state index contributed by atoms with van der Waals surface area (Å²) >= 11 is 0. The monoisotopic (exact) mass is 234 g/mol. The Kier molecular flexibility index (Phi) is 3.35. The van der Waals surface area contributed by atoms with E-state index >= 15 is 0 Å². The van der Waals surface area contributed by atoms with Gasteiger partial charge in [-0.1, -0.05) is 41.5 Å². The van der Waals surface area contributed by atoms with E-state index in [9.17, 15) is 5.11 Å². The lowest BCUT2D eigenvalue weighted by atomic mass is 9.72. The molecule has 0 radical (unpaired) electrons. The van der Waals surface area contributed by atoms with E-state index in [-0.39, 0.29) is 10.8 Å². The fourth-order valence-corrected chi connectivity index (χ4v) is 2.46. The molecule has 17 heavy (non-hydrogen) atoms. The van der Waals surface area contributed by atoms with Gasteiger partial charge >= 0.3 is 0 Å². The molecule has 1 heteroatoms. The normalized spacial score (nSPS) is 12.9. The smallest absolute Gasteiger partial charge is 0.119 e. The summed E-state index contributed by atoms with van der Waals surface area (Å²) in [5, 5.41) is 10.0. The van der Waals surface area contributed by atoms with Gasteiger partial charge in [0.15, 0.2) is 0 Å². The van der Waals surface area contributed by atoms with Gasteiger partial charge in [0.05, 0.1) is 0 Å². The molecule has 0 amide bonds. The molecule has 0 atom stereocenters. The van der Waals surface area contributed by atoms with Crippen molar-refractivity contribution in [1.29, 1.82) is 0 Å². The van der Waals surface area contributed by atoms with Gasteiger partial charge in [-0.3, -0.25) is 0 Å². The number of hydrogen-bond acceptors (Lipinski definition) is 1. The Morgan fingerprint density at radius 1 is 0.824 bits per heavy atom. The van der Waals surface area contributed by atoms with Crippen LogP contribution in [0.3, 0.4) is 0 Å². The molecule has 1 nitrogen and oxygen atoms in total. The van der Waals surface area contributed by atoms with Crippen molar-refractivity contribution in [3.63, 3.8) is 0 Å². The topological polar surface area (TPSA) is 20.2 Å². The predicted molar refractivity (Wildman–Crippen MR) is 75.0 cm³/mol. The fourth-order valence-electron chi connectivity index (χ4n) is 2.46. The van der Waals surface area contributed by atoms with Gasteiger partial charge in [-0.05, 0) is 53.0 Å². The van der Waals surface area contributed by atoms with Crippen molar-refractivity contribution in [2.75, 3.05) is 0 Å². The molecule has 0 spiro atoms. The molecule has 0 aromatic heterocycles. The summed E-state index contributed by atoms with van der Waals surface area (Å²) in [6, 6.07) is 1.95. The molecule has 0 saturated carbocycles. The number of phenolic OH excluding ortho intramolecular Hbond substituents is 1. The van der Waals surface area contributed by atoms with Crippen molar-refractivity contribution in [3.8, 4) is 5.75 Å². The Balaban J connectivity index is 3.71. The van der Waals surface area contributed by atoms with Crippen molar-refractivity contribution < 1.29 is 5.11 Å². The number of aromatic hydroxyl groups is 1. The first-order valence-corrected chi connectivity index (χ1v) is 6.30. The SMILES string of the molecule is Cc1c(O)cc(C(C)(C)C)c(C(C)(C)C)c1C. The highest BCUT2D eigenvalue weighted by Crippen LogP contribution is 2.40. The highest BCUT2D eigenvalue weighted by atomic mass is 16.3. The maximum atomic E-state index is 10.0. The minimum absolute atomic E-state index is 0.0541. The van der Waals surface area contributed by atoms with Crippen LogP contribution >= 0.6 is 0 Å². The van der Waals surface area contributed by atoms with Crippen molar-refractivity contribution in [1.82, 2.24) is 0 Å². The molecule has 1 N–H and O–H groups in total. The predicted octanol–water partition coefficient (Wildman–Crippen LogP) is 4.60. The zero-order valence-corrected chi connectivity index (χ0v) is 12.5. The van der Waals surface area contributed by atoms with Crippen LogP contribution < -0.4 is 0 Å². The first kappa shape index (κ1) is 14.1. The summed E-state index contributed by atoms with van der Waals surface area (Å²) in [6.07, 6.45) is 0. The van der Waals surface area contributed by atoms with E-state index in [2.05, 4.69) is 48.5 Å². The van der Waals surface area contributed by atoms with Crippen LogP contribution in [0.4, 0.5) is 0 Å². The molecule has 0 fully saturated rings.